The molecule has 0 heterocycles. The summed E-state index contributed by atoms with van der Waals surface area (Å²) in [6.07, 6.45) is 0.940. The smallest absolute Gasteiger partial charge is 0.122 e. The lowest BCUT2D eigenvalue weighted by Crippen LogP contribution is -2.27. The minimum Gasteiger partial charge on any atom is -0.488 e. The molecule has 0 bridgehead atoms. The molecule has 1 aliphatic rings. The summed E-state index contributed by atoms with van der Waals surface area (Å²) in [4.78, 5) is 0. The highest BCUT2D eigenvalue weighted by atomic mass is 16.5. The molecule has 2 aromatic carbocycles. The van der Waals surface area contributed by atoms with Gasteiger partial charge >= 0.3 is 0 Å². The third-order valence-corrected chi connectivity index (χ3v) is 3.54. The molecule has 2 atom stereocenters. The van der Waals surface area contributed by atoms with Gasteiger partial charge in [0.05, 0.1) is 6.04 Å². The Kier molecular flexibility index (Phi) is 2.80. The second-order valence-electron chi connectivity index (χ2n) is 4.90. The van der Waals surface area contributed by atoms with E-state index in [-0.39, 0.29) is 12.1 Å². The first-order valence-electron chi connectivity index (χ1n) is 6.31. The van der Waals surface area contributed by atoms with Gasteiger partial charge < -0.3 is 10.5 Å². The van der Waals surface area contributed by atoms with Crippen molar-refractivity contribution in [3.8, 4) is 5.75 Å². The van der Waals surface area contributed by atoms with Crippen molar-refractivity contribution in [3.63, 3.8) is 0 Å². The first kappa shape index (κ1) is 11.3. The van der Waals surface area contributed by atoms with E-state index in [0.29, 0.717) is 0 Å². The van der Waals surface area contributed by atoms with Gasteiger partial charge in [0.2, 0.25) is 0 Å². The van der Waals surface area contributed by atoms with Crippen LogP contribution in [0.3, 0.4) is 0 Å². The Labute approximate surface area is 107 Å². The Morgan fingerprint density at radius 1 is 1.06 bits per heavy atom. The quantitative estimate of drug-likeness (QED) is 0.874. The summed E-state index contributed by atoms with van der Waals surface area (Å²) in [5, 5.41) is 0. The second kappa shape index (κ2) is 4.46. The standard InChI is InChI=1S/C16H17NO/c1-11-6-8-13(9-7-11)18-15-10-12-4-2-3-5-14(12)16(15)17/h2-9,15-16H,10,17H2,1H3. The molecule has 0 aliphatic heterocycles. The predicted molar refractivity (Wildman–Crippen MR) is 72.7 cm³/mol. The van der Waals surface area contributed by atoms with E-state index in [9.17, 15) is 0 Å². The van der Waals surface area contributed by atoms with Crippen LogP contribution in [-0.4, -0.2) is 6.10 Å². The third-order valence-electron chi connectivity index (χ3n) is 3.54. The lowest BCUT2D eigenvalue weighted by atomic mass is 10.1. The molecule has 0 aromatic heterocycles. The maximum absolute atomic E-state index is 6.24. The Bertz CT molecular complexity index is 547. The van der Waals surface area contributed by atoms with Gasteiger partial charge in [-0.25, -0.2) is 0 Å². The molecule has 2 unspecified atom stereocenters. The van der Waals surface area contributed by atoms with Crippen LogP contribution in [0.4, 0.5) is 0 Å². The van der Waals surface area contributed by atoms with Crippen LogP contribution in [0, 0.1) is 6.92 Å². The number of ether oxygens (including phenoxy) is 1. The summed E-state index contributed by atoms with van der Waals surface area (Å²) in [7, 11) is 0. The van der Waals surface area contributed by atoms with Gasteiger partial charge in [0.1, 0.15) is 11.9 Å². The zero-order chi connectivity index (χ0) is 12.5. The van der Waals surface area contributed by atoms with Crippen molar-refractivity contribution in [2.24, 2.45) is 5.73 Å². The van der Waals surface area contributed by atoms with E-state index in [1.165, 1.54) is 16.7 Å². The summed E-state index contributed by atoms with van der Waals surface area (Å²) in [5.41, 5.74) is 10.0. The number of benzene rings is 2. The van der Waals surface area contributed by atoms with Crippen LogP contribution in [0.1, 0.15) is 22.7 Å². The maximum Gasteiger partial charge on any atom is 0.122 e. The van der Waals surface area contributed by atoms with Gasteiger partial charge in [0, 0.05) is 6.42 Å². The van der Waals surface area contributed by atoms with E-state index in [2.05, 4.69) is 37.3 Å². The van der Waals surface area contributed by atoms with E-state index in [1.807, 2.05) is 18.2 Å². The predicted octanol–water partition coefficient (Wildman–Crippen LogP) is 3.00. The molecule has 0 fully saturated rings. The van der Waals surface area contributed by atoms with Crippen molar-refractivity contribution >= 4 is 0 Å². The van der Waals surface area contributed by atoms with Gasteiger partial charge in [-0.05, 0) is 30.2 Å². The summed E-state index contributed by atoms with van der Waals surface area (Å²) in [6.45, 7) is 2.07. The van der Waals surface area contributed by atoms with Crippen LogP contribution in [0.25, 0.3) is 0 Å². The Morgan fingerprint density at radius 2 is 1.78 bits per heavy atom. The average molecular weight is 239 g/mol. The van der Waals surface area contributed by atoms with E-state index in [4.69, 9.17) is 10.5 Å². The zero-order valence-electron chi connectivity index (χ0n) is 10.5. The van der Waals surface area contributed by atoms with Gasteiger partial charge in [-0.3, -0.25) is 0 Å². The molecule has 2 aromatic rings. The lowest BCUT2D eigenvalue weighted by molar-refractivity contribution is 0.185. The molecule has 0 amide bonds. The van der Waals surface area contributed by atoms with Crippen LogP contribution in [0.15, 0.2) is 48.5 Å². The van der Waals surface area contributed by atoms with Crippen molar-refractivity contribution in [2.45, 2.75) is 25.5 Å². The highest BCUT2D eigenvalue weighted by molar-refractivity contribution is 5.37. The highest BCUT2D eigenvalue weighted by Crippen LogP contribution is 2.32. The number of rotatable bonds is 2. The van der Waals surface area contributed by atoms with Crippen molar-refractivity contribution < 1.29 is 4.74 Å². The van der Waals surface area contributed by atoms with E-state index < -0.39 is 0 Å². The number of hydrogen-bond acceptors (Lipinski definition) is 2. The molecule has 0 spiro atoms. The number of nitrogens with two attached hydrogens (primary N) is 1. The van der Waals surface area contributed by atoms with E-state index in [0.717, 1.165) is 12.2 Å². The van der Waals surface area contributed by atoms with Crippen LogP contribution < -0.4 is 10.5 Å². The molecule has 18 heavy (non-hydrogen) atoms. The van der Waals surface area contributed by atoms with Gasteiger partial charge in [-0.15, -0.1) is 0 Å². The molecule has 2 nitrogen and oxygen atoms in total. The van der Waals surface area contributed by atoms with Gasteiger partial charge in [-0.1, -0.05) is 42.0 Å². The molecule has 1 aliphatic carbocycles. The van der Waals surface area contributed by atoms with Crippen molar-refractivity contribution in [2.75, 3.05) is 0 Å². The van der Waals surface area contributed by atoms with Crippen LogP contribution in [-0.2, 0) is 6.42 Å². The summed E-state index contributed by atoms with van der Waals surface area (Å²) in [6, 6.07) is 16.4. The minimum atomic E-state index is -0.0255. The van der Waals surface area contributed by atoms with Crippen LogP contribution in [0.2, 0.25) is 0 Å². The molecule has 3 rings (SSSR count). The fourth-order valence-electron chi connectivity index (χ4n) is 2.50. The van der Waals surface area contributed by atoms with Crippen LogP contribution in [0.5, 0.6) is 5.75 Å². The molecule has 92 valence electrons. The number of aryl methyl sites for hydroxylation is 1. The number of hydrogen-bond donors (Lipinski definition) is 1. The fraction of sp³-hybridized carbons (Fsp3) is 0.250. The molecule has 0 radical (unpaired) electrons. The zero-order valence-corrected chi connectivity index (χ0v) is 10.5. The summed E-state index contributed by atoms with van der Waals surface area (Å²) >= 11 is 0. The highest BCUT2D eigenvalue weighted by Gasteiger charge is 2.30. The minimum absolute atomic E-state index is 0.0255. The second-order valence-corrected chi connectivity index (χ2v) is 4.90. The fourth-order valence-corrected chi connectivity index (χ4v) is 2.50. The normalized spacial score (nSPS) is 21.7. The molecule has 0 saturated carbocycles. The van der Waals surface area contributed by atoms with E-state index >= 15 is 0 Å². The lowest BCUT2D eigenvalue weighted by Gasteiger charge is -2.18. The third kappa shape index (κ3) is 2.00. The number of fused-ring (bicyclic) bond motifs is 1. The van der Waals surface area contributed by atoms with Crippen molar-refractivity contribution in [3.05, 3.63) is 65.2 Å². The summed E-state index contributed by atoms with van der Waals surface area (Å²) < 4.78 is 6.00. The first-order chi connectivity index (χ1) is 8.74. The van der Waals surface area contributed by atoms with E-state index in [1.54, 1.807) is 0 Å². The van der Waals surface area contributed by atoms with Gasteiger partial charge in [0.15, 0.2) is 0 Å². The van der Waals surface area contributed by atoms with Gasteiger partial charge in [-0.2, -0.15) is 0 Å². The molecular formula is C16H17NO. The van der Waals surface area contributed by atoms with Crippen LogP contribution >= 0.6 is 0 Å². The molecule has 2 heteroatoms. The summed E-state index contributed by atoms with van der Waals surface area (Å²) in [5.74, 6) is 0.897. The largest absolute Gasteiger partial charge is 0.488 e. The Balaban J connectivity index is 1.78. The van der Waals surface area contributed by atoms with Crippen molar-refractivity contribution in [1.82, 2.24) is 0 Å². The van der Waals surface area contributed by atoms with Crippen molar-refractivity contribution in [1.29, 1.82) is 0 Å². The van der Waals surface area contributed by atoms with Gasteiger partial charge in [0.25, 0.3) is 0 Å². The molecular weight excluding hydrogens is 222 g/mol. The first-order valence-corrected chi connectivity index (χ1v) is 6.31. The molecule has 2 N–H and O–H groups in total. The topological polar surface area (TPSA) is 35.2 Å². The SMILES string of the molecule is Cc1ccc(OC2Cc3ccccc3C2N)cc1. The maximum atomic E-state index is 6.24. The Hall–Kier alpha value is -1.80. The average Bonchev–Trinajstić information content (AvgIpc) is 2.70. The monoisotopic (exact) mass is 239 g/mol. The molecule has 0 saturated heterocycles. The Morgan fingerprint density at radius 3 is 2.50 bits per heavy atom.